The second kappa shape index (κ2) is 5.53. The summed E-state index contributed by atoms with van der Waals surface area (Å²) in [5.74, 6) is 0.553. The minimum absolute atomic E-state index is 0.360. The second-order valence-electron chi connectivity index (χ2n) is 4.64. The molecule has 0 aromatic heterocycles. The van der Waals surface area contributed by atoms with Gasteiger partial charge in [0.1, 0.15) is 0 Å². The zero-order valence-electron chi connectivity index (χ0n) is 10.4. The Balaban J connectivity index is 2.20. The monoisotopic (exact) mass is 225 g/mol. The van der Waals surface area contributed by atoms with Crippen LogP contribution in [-0.2, 0) is 0 Å². The summed E-state index contributed by atoms with van der Waals surface area (Å²) in [5.41, 5.74) is 2.52. The summed E-state index contributed by atoms with van der Waals surface area (Å²) in [4.78, 5) is 0. The lowest BCUT2D eigenvalue weighted by Crippen LogP contribution is -2.16. The number of hydrogen-bond acceptors (Lipinski definition) is 1. The molecule has 0 heterocycles. The Labute approximate surface area is 103 Å². The van der Waals surface area contributed by atoms with E-state index in [0.29, 0.717) is 12.0 Å². The maximum Gasteiger partial charge on any atom is 0.0536 e. The highest BCUT2D eigenvalue weighted by Gasteiger charge is 2.14. The van der Waals surface area contributed by atoms with E-state index in [2.05, 4.69) is 73.8 Å². The summed E-state index contributed by atoms with van der Waals surface area (Å²) in [6, 6.07) is 21.3. The van der Waals surface area contributed by atoms with Crippen molar-refractivity contribution < 1.29 is 0 Å². The van der Waals surface area contributed by atoms with Gasteiger partial charge in [0.2, 0.25) is 0 Å². The Morgan fingerprint density at radius 1 is 0.765 bits per heavy atom. The van der Waals surface area contributed by atoms with Gasteiger partial charge in [-0.3, -0.25) is 0 Å². The molecule has 0 bridgehead atoms. The topological polar surface area (TPSA) is 12.0 Å². The van der Waals surface area contributed by atoms with Crippen molar-refractivity contribution in [2.75, 3.05) is 5.32 Å². The first-order valence-electron chi connectivity index (χ1n) is 6.14. The van der Waals surface area contributed by atoms with Crippen molar-refractivity contribution in [2.45, 2.75) is 19.9 Å². The molecule has 0 amide bonds. The third-order valence-electron chi connectivity index (χ3n) is 2.92. The number of hydrogen-bond donors (Lipinski definition) is 1. The van der Waals surface area contributed by atoms with Gasteiger partial charge in [-0.05, 0) is 23.6 Å². The van der Waals surface area contributed by atoms with Crippen LogP contribution in [0.4, 0.5) is 5.69 Å². The summed E-state index contributed by atoms with van der Waals surface area (Å²) in [6.45, 7) is 4.49. The van der Waals surface area contributed by atoms with E-state index >= 15 is 0 Å². The van der Waals surface area contributed by atoms with Crippen molar-refractivity contribution in [3.63, 3.8) is 0 Å². The Morgan fingerprint density at radius 2 is 1.29 bits per heavy atom. The van der Waals surface area contributed by atoms with Crippen LogP contribution in [0.2, 0.25) is 0 Å². The molecule has 2 rings (SSSR count). The summed E-state index contributed by atoms with van der Waals surface area (Å²) < 4.78 is 0. The van der Waals surface area contributed by atoms with Crippen molar-refractivity contribution in [1.82, 2.24) is 0 Å². The molecule has 1 nitrogen and oxygen atoms in total. The molecule has 2 aromatic carbocycles. The predicted octanol–water partition coefficient (Wildman–Crippen LogP) is 4.50. The van der Waals surface area contributed by atoms with Crippen molar-refractivity contribution in [1.29, 1.82) is 0 Å². The molecule has 2 aromatic rings. The Bertz CT molecular complexity index is 434. The zero-order valence-corrected chi connectivity index (χ0v) is 10.4. The summed E-state index contributed by atoms with van der Waals surface area (Å²) in [6.07, 6.45) is 0. The first-order chi connectivity index (χ1) is 8.27. The van der Waals surface area contributed by atoms with Gasteiger partial charge in [0.15, 0.2) is 0 Å². The lowest BCUT2D eigenvalue weighted by molar-refractivity contribution is 0.546. The van der Waals surface area contributed by atoms with Gasteiger partial charge in [0.25, 0.3) is 0 Å². The van der Waals surface area contributed by atoms with Gasteiger partial charge >= 0.3 is 0 Å². The molecule has 0 spiro atoms. The van der Waals surface area contributed by atoms with Crippen molar-refractivity contribution in [2.24, 2.45) is 5.92 Å². The minimum Gasteiger partial charge on any atom is -0.378 e. The molecular weight excluding hydrogens is 206 g/mol. The molecule has 0 radical (unpaired) electrons. The van der Waals surface area contributed by atoms with Gasteiger partial charge in [-0.1, -0.05) is 62.4 Å². The highest BCUT2D eigenvalue weighted by atomic mass is 14.9. The molecule has 1 N–H and O–H groups in total. The van der Waals surface area contributed by atoms with E-state index in [0.717, 1.165) is 0 Å². The third-order valence-corrected chi connectivity index (χ3v) is 2.92. The van der Waals surface area contributed by atoms with Gasteiger partial charge in [-0.25, -0.2) is 0 Å². The van der Waals surface area contributed by atoms with Crippen LogP contribution in [0.25, 0.3) is 0 Å². The van der Waals surface area contributed by atoms with Crippen molar-refractivity contribution in [3.8, 4) is 0 Å². The van der Waals surface area contributed by atoms with Crippen LogP contribution in [0.1, 0.15) is 25.5 Å². The fourth-order valence-corrected chi connectivity index (χ4v) is 2.01. The number of rotatable bonds is 4. The van der Waals surface area contributed by atoms with Crippen LogP contribution < -0.4 is 5.32 Å². The number of benzene rings is 2. The van der Waals surface area contributed by atoms with Crippen LogP contribution in [0.3, 0.4) is 0 Å². The fourth-order valence-electron chi connectivity index (χ4n) is 2.01. The molecule has 0 saturated heterocycles. The van der Waals surface area contributed by atoms with Crippen molar-refractivity contribution >= 4 is 5.69 Å². The van der Waals surface area contributed by atoms with E-state index < -0.39 is 0 Å². The molecule has 1 atom stereocenters. The third kappa shape index (κ3) is 3.10. The minimum atomic E-state index is 0.360. The molecule has 1 heteroatoms. The molecule has 0 aliphatic heterocycles. The lowest BCUT2D eigenvalue weighted by atomic mass is 9.96. The molecule has 17 heavy (non-hydrogen) atoms. The number of anilines is 1. The van der Waals surface area contributed by atoms with E-state index in [1.54, 1.807) is 0 Å². The maximum absolute atomic E-state index is 3.59. The highest BCUT2D eigenvalue weighted by molar-refractivity contribution is 5.45. The van der Waals surface area contributed by atoms with Crippen LogP contribution >= 0.6 is 0 Å². The molecule has 88 valence electrons. The van der Waals surface area contributed by atoms with Crippen LogP contribution in [0.15, 0.2) is 60.7 Å². The van der Waals surface area contributed by atoms with Crippen LogP contribution in [-0.4, -0.2) is 0 Å². The largest absolute Gasteiger partial charge is 0.378 e. The molecule has 1 unspecified atom stereocenters. The normalized spacial score (nSPS) is 12.4. The van der Waals surface area contributed by atoms with E-state index in [-0.39, 0.29) is 0 Å². The molecule has 0 aliphatic rings. The van der Waals surface area contributed by atoms with Crippen molar-refractivity contribution in [3.05, 3.63) is 66.2 Å². The summed E-state index contributed by atoms with van der Waals surface area (Å²) in [5, 5.41) is 3.59. The fraction of sp³-hybridized carbons (Fsp3) is 0.250. The number of nitrogens with one attached hydrogen (secondary N) is 1. The lowest BCUT2D eigenvalue weighted by Gasteiger charge is -2.24. The Hall–Kier alpha value is -1.76. The first-order valence-corrected chi connectivity index (χ1v) is 6.14. The van der Waals surface area contributed by atoms with Gasteiger partial charge in [-0.15, -0.1) is 0 Å². The van der Waals surface area contributed by atoms with E-state index in [1.165, 1.54) is 11.3 Å². The van der Waals surface area contributed by atoms with E-state index in [4.69, 9.17) is 0 Å². The van der Waals surface area contributed by atoms with Crippen LogP contribution in [0, 0.1) is 5.92 Å². The summed E-state index contributed by atoms with van der Waals surface area (Å²) >= 11 is 0. The van der Waals surface area contributed by atoms with Gasteiger partial charge in [0, 0.05) is 5.69 Å². The van der Waals surface area contributed by atoms with E-state index in [9.17, 15) is 0 Å². The van der Waals surface area contributed by atoms with Gasteiger partial charge in [-0.2, -0.15) is 0 Å². The van der Waals surface area contributed by atoms with Gasteiger partial charge < -0.3 is 5.32 Å². The zero-order chi connectivity index (χ0) is 12.1. The molecule has 0 saturated carbocycles. The SMILES string of the molecule is CC(C)C(Nc1ccccc1)c1ccccc1. The standard InChI is InChI=1S/C16H19N/c1-13(2)16(14-9-5-3-6-10-14)17-15-11-7-4-8-12-15/h3-13,16-17H,1-2H3. The first kappa shape index (κ1) is 11.7. The molecule has 0 aliphatic carbocycles. The average molecular weight is 225 g/mol. The quantitative estimate of drug-likeness (QED) is 0.808. The smallest absolute Gasteiger partial charge is 0.0536 e. The maximum atomic E-state index is 3.59. The Kier molecular flexibility index (Phi) is 3.81. The number of para-hydroxylation sites is 1. The predicted molar refractivity (Wildman–Crippen MR) is 74.1 cm³/mol. The summed E-state index contributed by atoms with van der Waals surface area (Å²) in [7, 11) is 0. The van der Waals surface area contributed by atoms with Crippen LogP contribution in [0.5, 0.6) is 0 Å². The second-order valence-corrected chi connectivity index (χ2v) is 4.64. The molecular formula is C16H19N. The average Bonchev–Trinajstić information content (AvgIpc) is 2.38. The van der Waals surface area contributed by atoms with E-state index in [1.807, 2.05) is 6.07 Å². The highest BCUT2D eigenvalue weighted by Crippen LogP contribution is 2.25. The Morgan fingerprint density at radius 3 is 1.82 bits per heavy atom. The molecule has 0 fully saturated rings. The van der Waals surface area contributed by atoms with Gasteiger partial charge in [0.05, 0.1) is 6.04 Å².